The molecule has 10 heteroatoms. The highest BCUT2D eigenvalue weighted by molar-refractivity contribution is 7.92. The molecule has 2 N–H and O–H groups in total. The monoisotopic (exact) mass is 481 g/mol. The van der Waals surface area contributed by atoms with Crippen LogP contribution in [-0.2, 0) is 16.6 Å². The Balaban J connectivity index is 1.89. The molecule has 0 fully saturated rings. The number of hydrogen-bond donors (Lipinski definition) is 2. The van der Waals surface area contributed by atoms with Crippen LogP contribution in [0, 0.1) is 11.3 Å². The summed E-state index contributed by atoms with van der Waals surface area (Å²) in [6.07, 6.45) is 1.03. The molecule has 3 aromatic rings. The normalized spacial score (nSPS) is 10.6. The van der Waals surface area contributed by atoms with Gasteiger partial charge in [-0.15, -0.1) is 0 Å². The minimum Gasteiger partial charge on any atom is -0.497 e. The number of rotatable bonds is 9. The standard InChI is InChI=1S/C24H23N3O6S/c1-31-20-8-10-22(32-2)18(12-20)15-33-23-13-19(7-9-21(23)27-34(3,29)30)26-24(28)17-6-4-5-16(11-17)14-25/h4-13,27H,15H2,1-3H3,(H,26,28). The van der Waals surface area contributed by atoms with Gasteiger partial charge >= 0.3 is 0 Å². The number of hydrogen-bond acceptors (Lipinski definition) is 7. The second-order valence-corrected chi connectivity index (χ2v) is 8.95. The van der Waals surface area contributed by atoms with Gasteiger partial charge in [0, 0.05) is 22.9 Å². The zero-order valence-electron chi connectivity index (χ0n) is 18.8. The number of sulfonamides is 1. The minimum atomic E-state index is -3.59. The molecule has 1 amide bonds. The highest BCUT2D eigenvalue weighted by Crippen LogP contribution is 2.32. The van der Waals surface area contributed by atoms with Gasteiger partial charge in [-0.2, -0.15) is 5.26 Å². The van der Waals surface area contributed by atoms with Gasteiger partial charge < -0.3 is 19.5 Å². The van der Waals surface area contributed by atoms with Crippen LogP contribution in [0.5, 0.6) is 17.2 Å². The van der Waals surface area contributed by atoms with Gasteiger partial charge in [-0.25, -0.2) is 8.42 Å². The number of amides is 1. The number of carbonyl (C=O) groups excluding carboxylic acids is 1. The van der Waals surface area contributed by atoms with E-state index in [1.807, 2.05) is 6.07 Å². The first kappa shape index (κ1) is 24.4. The van der Waals surface area contributed by atoms with Crippen molar-refractivity contribution in [2.45, 2.75) is 6.61 Å². The van der Waals surface area contributed by atoms with Crippen molar-refractivity contribution in [3.05, 3.63) is 77.4 Å². The van der Waals surface area contributed by atoms with E-state index in [2.05, 4.69) is 10.0 Å². The molecule has 0 saturated heterocycles. The summed E-state index contributed by atoms with van der Waals surface area (Å²) in [5.41, 5.74) is 1.92. The quantitative estimate of drug-likeness (QED) is 0.476. The van der Waals surface area contributed by atoms with Crippen molar-refractivity contribution >= 4 is 27.3 Å². The molecule has 0 unspecified atom stereocenters. The Morgan fingerprint density at radius 1 is 1.00 bits per heavy atom. The molecule has 0 saturated carbocycles. The molecule has 0 heterocycles. The summed E-state index contributed by atoms with van der Waals surface area (Å²) in [4.78, 5) is 12.6. The van der Waals surface area contributed by atoms with Crippen LogP contribution in [0.4, 0.5) is 11.4 Å². The van der Waals surface area contributed by atoms with Gasteiger partial charge in [-0.3, -0.25) is 9.52 Å². The smallest absolute Gasteiger partial charge is 0.255 e. The van der Waals surface area contributed by atoms with Crippen LogP contribution in [0.2, 0.25) is 0 Å². The maximum absolute atomic E-state index is 12.6. The molecule has 0 aliphatic carbocycles. The third kappa shape index (κ3) is 6.40. The Morgan fingerprint density at radius 2 is 1.79 bits per heavy atom. The fourth-order valence-corrected chi connectivity index (χ4v) is 3.66. The molecular weight excluding hydrogens is 458 g/mol. The van der Waals surface area contributed by atoms with Crippen LogP contribution in [-0.4, -0.2) is 34.8 Å². The van der Waals surface area contributed by atoms with Crippen molar-refractivity contribution < 1.29 is 27.4 Å². The molecule has 0 bridgehead atoms. The van der Waals surface area contributed by atoms with Crippen LogP contribution < -0.4 is 24.2 Å². The molecule has 9 nitrogen and oxygen atoms in total. The maximum atomic E-state index is 12.6. The van der Waals surface area contributed by atoms with E-state index in [0.717, 1.165) is 6.26 Å². The number of methoxy groups -OCH3 is 2. The lowest BCUT2D eigenvalue weighted by Crippen LogP contribution is -2.14. The van der Waals surface area contributed by atoms with E-state index in [0.29, 0.717) is 33.9 Å². The summed E-state index contributed by atoms with van der Waals surface area (Å²) in [6.45, 7) is 0.0421. The van der Waals surface area contributed by atoms with E-state index in [9.17, 15) is 13.2 Å². The Bertz CT molecular complexity index is 1350. The average molecular weight is 482 g/mol. The van der Waals surface area contributed by atoms with E-state index in [1.165, 1.54) is 25.3 Å². The molecule has 0 aliphatic rings. The SMILES string of the molecule is COc1ccc(OC)c(COc2cc(NC(=O)c3cccc(C#N)c3)ccc2NS(C)(=O)=O)c1. The number of benzene rings is 3. The number of nitrogens with one attached hydrogen (secondary N) is 2. The largest absolute Gasteiger partial charge is 0.497 e. The zero-order chi connectivity index (χ0) is 24.7. The maximum Gasteiger partial charge on any atom is 0.255 e. The first-order valence-electron chi connectivity index (χ1n) is 9.99. The first-order chi connectivity index (χ1) is 16.2. The van der Waals surface area contributed by atoms with Crippen molar-refractivity contribution in [2.75, 3.05) is 30.5 Å². The van der Waals surface area contributed by atoms with Gasteiger partial charge in [0.2, 0.25) is 10.0 Å². The summed E-state index contributed by atoms with van der Waals surface area (Å²) in [7, 11) is -0.517. The van der Waals surface area contributed by atoms with Crippen molar-refractivity contribution in [1.29, 1.82) is 5.26 Å². The number of anilines is 2. The third-order valence-electron chi connectivity index (χ3n) is 4.66. The van der Waals surface area contributed by atoms with Gasteiger partial charge in [-0.1, -0.05) is 6.07 Å². The zero-order valence-corrected chi connectivity index (χ0v) is 19.6. The summed E-state index contributed by atoms with van der Waals surface area (Å²) in [6, 6.07) is 18.0. The van der Waals surface area contributed by atoms with Crippen molar-refractivity contribution in [1.82, 2.24) is 0 Å². The Kier molecular flexibility index (Phi) is 7.60. The van der Waals surface area contributed by atoms with Crippen LogP contribution >= 0.6 is 0 Å². The molecule has 0 aromatic heterocycles. The second-order valence-electron chi connectivity index (χ2n) is 7.20. The van der Waals surface area contributed by atoms with Gasteiger partial charge in [0.05, 0.1) is 37.8 Å². The third-order valence-corrected chi connectivity index (χ3v) is 5.25. The Labute approximate surface area is 197 Å². The molecule has 0 aliphatic heterocycles. The van der Waals surface area contributed by atoms with Gasteiger partial charge in [-0.05, 0) is 48.5 Å². The summed E-state index contributed by atoms with van der Waals surface area (Å²) in [5.74, 6) is 0.940. The molecule has 3 aromatic carbocycles. The Hall–Kier alpha value is -4.23. The van der Waals surface area contributed by atoms with Crippen LogP contribution in [0.25, 0.3) is 0 Å². The number of carbonyl (C=O) groups is 1. The number of nitriles is 1. The predicted molar refractivity (Wildman–Crippen MR) is 128 cm³/mol. The topological polar surface area (TPSA) is 127 Å². The van der Waals surface area contributed by atoms with E-state index in [4.69, 9.17) is 19.5 Å². The van der Waals surface area contributed by atoms with Crippen molar-refractivity contribution in [3.8, 4) is 23.3 Å². The molecule has 0 spiro atoms. The number of nitrogens with zero attached hydrogens (tertiary/aromatic N) is 1. The predicted octanol–water partition coefficient (Wildman–Crippen LogP) is 3.78. The molecular formula is C24H23N3O6S. The van der Waals surface area contributed by atoms with Gasteiger partial charge in [0.15, 0.2) is 0 Å². The molecule has 0 radical (unpaired) electrons. The van der Waals surface area contributed by atoms with Crippen molar-refractivity contribution in [3.63, 3.8) is 0 Å². The van der Waals surface area contributed by atoms with Crippen LogP contribution in [0.1, 0.15) is 21.5 Å². The minimum absolute atomic E-state index is 0.0421. The fourth-order valence-electron chi connectivity index (χ4n) is 3.09. The highest BCUT2D eigenvalue weighted by Gasteiger charge is 2.14. The lowest BCUT2D eigenvalue weighted by molar-refractivity contribution is 0.102. The van der Waals surface area contributed by atoms with E-state index in [1.54, 1.807) is 49.6 Å². The summed E-state index contributed by atoms with van der Waals surface area (Å²) >= 11 is 0. The molecule has 176 valence electrons. The average Bonchev–Trinajstić information content (AvgIpc) is 2.82. The number of ether oxygens (including phenoxy) is 3. The molecule has 0 atom stereocenters. The summed E-state index contributed by atoms with van der Waals surface area (Å²) in [5, 5.41) is 11.8. The second kappa shape index (κ2) is 10.6. The molecule has 34 heavy (non-hydrogen) atoms. The van der Waals surface area contributed by atoms with E-state index in [-0.39, 0.29) is 18.0 Å². The van der Waals surface area contributed by atoms with Crippen LogP contribution in [0.15, 0.2) is 60.7 Å². The summed E-state index contributed by atoms with van der Waals surface area (Å²) < 4.78 is 42.6. The first-order valence-corrected chi connectivity index (χ1v) is 11.9. The molecule has 3 rings (SSSR count). The lowest BCUT2D eigenvalue weighted by atomic mass is 10.1. The Morgan fingerprint density at radius 3 is 2.47 bits per heavy atom. The van der Waals surface area contributed by atoms with Crippen molar-refractivity contribution in [2.24, 2.45) is 0 Å². The van der Waals surface area contributed by atoms with Gasteiger partial charge in [0.25, 0.3) is 5.91 Å². The van der Waals surface area contributed by atoms with Crippen LogP contribution in [0.3, 0.4) is 0 Å². The highest BCUT2D eigenvalue weighted by atomic mass is 32.2. The van der Waals surface area contributed by atoms with E-state index < -0.39 is 15.9 Å². The lowest BCUT2D eigenvalue weighted by Gasteiger charge is -2.16. The van der Waals surface area contributed by atoms with E-state index >= 15 is 0 Å². The fraction of sp³-hybridized carbons (Fsp3) is 0.167. The van der Waals surface area contributed by atoms with Gasteiger partial charge in [0.1, 0.15) is 23.9 Å².